The van der Waals surface area contributed by atoms with Gasteiger partial charge in [0.05, 0.1) is 6.61 Å². The minimum atomic E-state index is -0.471. The van der Waals surface area contributed by atoms with Gasteiger partial charge in [0.1, 0.15) is 5.75 Å². The molecule has 0 spiro atoms. The molecule has 128 valence electrons. The van der Waals surface area contributed by atoms with Gasteiger partial charge in [0.15, 0.2) is 18.2 Å². The van der Waals surface area contributed by atoms with E-state index in [2.05, 4.69) is 5.32 Å². The molecule has 2 aromatic rings. The number of benzene rings is 2. The van der Waals surface area contributed by atoms with Crippen LogP contribution in [0.25, 0.3) is 0 Å². The Hall–Kier alpha value is -2.56. The van der Waals surface area contributed by atoms with Crippen molar-refractivity contribution in [1.82, 2.24) is 5.32 Å². The van der Waals surface area contributed by atoms with E-state index >= 15 is 0 Å². The molecule has 0 fully saturated rings. The number of halogens is 1. The Balaban J connectivity index is 1.63. The molecular weight excluding hydrogens is 309 g/mol. The quantitative estimate of drug-likeness (QED) is 0.717. The molecule has 0 radical (unpaired) electrons. The van der Waals surface area contributed by atoms with Gasteiger partial charge in [-0.15, -0.1) is 0 Å². The lowest BCUT2D eigenvalue weighted by molar-refractivity contribution is -0.123. The third kappa shape index (κ3) is 5.91. The fraction of sp³-hybridized carbons (Fsp3) is 0.316. The average Bonchev–Trinajstić information content (AvgIpc) is 2.60. The van der Waals surface area contributed by atoms with Gasteiger partial charge >= 0.3 is 0 Å². The second-order valence-electron chi connectivity index (χ2n) is 5.25. The summed E-state index contributed by atoms with van der Waals surface area (Å²) in [6.07, 6.45) is 1.68. The van der Waals surface area contributed by atoms with Gasteiger partial charge in [-0.05, 0) is 49.6 Å². The van der Waals surface area contributed by atoms with E-state index in [1.165, 1.54) is 17.7 Å². The monoisotopic (exact) mass is 331 g/mol. The van der Waals surface area contributed by atoms with Crippen LogP contribution in [0.2, 0.25) is 0 Å². The number of ether oxygens (including phenoxy) is 2. The minimum Gasteiger partial charge on any atom is -0.494 e. The summed E-state index contributed by atoms with van der Waals surface area (Å²) in [5.74, 6) is 0.215. The van der Waals surface area contributed by atoms with E-state index in [-0.39, 0.29) is 18.3 Å². The number of aryl methyl sites for hydroxylation is 1. The van der Waals surface area contributed by atoms with Crippen molar-refractivity contribution in [1.29, 1.82) is 0 Å². The number of carbonyl (C=O) groups is 1. The third-order valence-electron chi connectivity index (χ3n) is 3.39. The van der Waals surface area contributed by atoms with Gasteiger partial charge in [0.2, 0.25) is 0 Å². The first-order valence-electron chi connectivity index (χ1n) is 8.05. The third-order valence-corrected chi connectivity index (χ3v) is 3.39. The fourth-order valence-electron chi connectivity index (χ4n) is 2.20. The van der Waals surface area contributed by atoms with Gasteiger partial charge in [-0.25, -0.2) is 4.39 Å². The van der Waals surface area contributed by atoms with E-state index in [9.17, 15) is 9.18 Å². The molecule has 5 heteroatoms. The van der Waals surface area contributed by atoms with Crippen LogP contribution in [0.4, 0.5) is 4.39 Å². The molecule has 0 saturated heterocycles. The number of hydrogen-bond acceptors (Lipinski definition) is 3. The van der Waals surface area contributed by atoms with Crippen LogP contribution in [0.1, 0.15) is 18.9 Å². The van der Waals surface area contributed by atoms with Crippen molar-refractivity contribution < 1.29 is 18.7 Å². The van der Waals surface area contributed by atoms with Crippen molar-refractivity contribution in [3.05, 3.63) is 59.9 Å². The molecule has 0 unspecified atom stereocenters. The Morgan fingerprint density at radius 2 is 1.83 bits per heavy atom. The lowest BCUT2D eigenvalue weighted by Crippen LogP contribution is -2.30. The molecule has 4 nitrogen and oxygen atoms in total. The van der Waals surface area contributed by atoms with E-state index in [1.54, 1.807) is 12.1 Å². The van der Waals surface area contributed by atoms with E-state index in [0.29, 0.717) is 13.2 Å². The molecule has 1 N–H and O–H groups in total. The zero-order valence-electron chi connectivity index (χ0n) is 13.8. The predicted molar refractivity (Wildman–Crippen MR) is 90.8 cm³/mol. The normalized spacial score (nSPS) is 10.2. The summed E-state index contributed by atoms with van der Waals surface area (Å²) in [4.78, 5) is 11.7. The number of hydrogen-bond donors (Lipinski definition) is 1. The summed E-state index contributed by atoms with van der Waals surface area (Å²) < 4.78 is 23.9. The molecule has 0 atom stereocenters. The van der Waals surface area contributed by atoms with Crippen LogP contribution < -0.4 is 14.8 Å². The average molecular weight is 331 g/mol. The number of rotatable bonds is 9. The predicted octanol–water partition coefficient (Wildman–Crippen LogP) is 3.35. The molecule has 0 aliphatic heterocycles. The van der Waals surface area contributed by atoms with Crippen molar-refractivity contribution >= 4 is 5.91 Å². The van der Waals surface area contributed by atoms with E-state index in [4.69, 9.17) is 9.47 Å². The maximum absolute atomic E-state index is 13.3. The fourth-order valence-corrected chi connectivity index (χ4v) is 2.20. The largest absolute Gasteiger partial charge is 0.494 e. The summed E-state index contributed by atoms with van der Waals surface area (Å²) in [6, 6.07) is 14.0. The summed E-state index contributed by atoms with van der Waals surface area (Å²) in [5, 5.41) is 2.76. The highest BCUT2D eigenvalue weighted by molar-refractivity contribution is 5.77. The number of nitrogens with one attached hydrogen (secondary N) is 1. The second-order valence-corrected chi connectivity index (χ2v) is 5.25. The first-order valence-corrected chi connectivity index (χ1v) is 8.05. The van der Waals surface area contributed by atoms with Crippen LogP contribution in [-0.4, -0.2) is 25.7 Å². The molecule has 0 heterocycles. The molecule has 2 rings (SSSR count). The number of carbonyl (C=O) groups excluding carboxylic acids is 1. The molecule has 2 aromatic carbocycles. The highest BCUT2D eigenvalue weighted by Gasteiger charge is 2.05. The van der Waals surface area contributed by atoms with E-state index < -0.39 is 5.82 Å². The standard InChI is InChI=1S/C19H22FNO3/c1-2-23-16-11-9-15(10-12-16)6-5-13-21-19(22)14-24-18-8-4-3-7-17(18)20/h3-4,7-12H,2,5-6,13-14H2,1H3,(H,21,22). The first kappa shape index (κ1) is 17.8. The second kappa shape index (κ2) is 9.55. The van der Waals surface area contributed by atoms with E-state index in [0.717, 1.165) is 18.6 Å². The van der Waals surface area contributed by atoms with Crippen molar-refractivity contribution in [3.63, 3.8) is 0 Å². The van der Waals surface area contributed by atoms with Crippen LogP contribution in [0.3, 0.4) is 0 Å². The Labute approximate surface area is 141 Å². The highest BCUT2D eigenvalue weighted by atomic mass is 19.1. The summed E-state index contributed by atoms with van der Waals surface area (Å²) in [5.41, 5.74) is 1.19. The van der Waals surface area contributed by atoms with Crippen molar-refractivity contribution in [2.75, 3.05) is 19.8 Å². The Morgan fingerprint density at radius 3 is 2.54 bits per heavy atom. The smallest absolute Gasteiger partial charge is 0.257 e. The molecule has 0 aliphatic carbocycles. The van der Waals surface area contributed by atoms with Gasteiger partial charge in [0, 0.05) is 6.54 Å². The Morgan fingerprint density at radius 1 is 1.08 bits per heavy atom. The molecule has 0 aliphatic rings. The van der Waals surface area contributed by atoms with Gasteiger partial charge in [-0.1, -0.05) is 24.3 Å². The van der Waals surface area contributed by atoms with Gasteiger partial charge < -0.3 is 14.8 Å². The SMILES string of the molecule is CCOc1ccc(CCCNC(=O)COc2ccccc2F)cc1. The van der Waals surface area contributed by atoms with Crippen LogP contribution in [-0.2, 0) is 11.2 Å². The molecule has 0 saturated carbocycles. The number of amides is 1. The lowest BCUT2D eigenvalue weighted by atomic mass is 10.1. The zero-order valence-corrected chi connectivity index (χ0v) is 13.8. The zero-order chi connectivity index (χ0) is 17.2. The number of para-hydroxylation sites is 1. The molecule has 0 bridgehead atoms. The van der Waals surface area contributed by atoms with Crippen molar-refractivity contribution in [2.45, 2.75) is 19.8 Å². The molecule has 24 heavy (non-hydrogen) atoms. The Bertz CT molecular complexity index is 643. The van der Waals surface area contributed by atoms with Crippen LogP contribution in [0, 0.1) is 5.82 Å². The van der Waals surface area contributed by atoms with Crippen LogP contribution >= 0.6 is 0 Å². The molecule has 0 aromatic heterocycles. The van der Waals surface area contributed by atoms with E-state index in [1.807, 2.05) is 31.2 Å². The minimum absolute atomic E-state index is 0.0852. The molecular formula is C19H22FNO3. The summed E-state index contributed by atoms with van der Waals surface area (Å²) in [6.45, 7) is 2.96. The lowest BCUT2D eigenvalue weighted by Gasteiger charge is -2.08. The highest BCUT2D eigenvalue weighted by Crippen LogP contribution is 2.15. The van der Waals surface area contributed by atoms with Crippen LogP contribution in [0.5, 0.6) is 11.5 Å². The Kier molecular flexibility index (Phi) is 7.08. The van der Waals surface area contributed by atoms with Crippen molar-refractivity contribution in [2.24, 2.45) is 0 Å². The summed E-state index contributed by atoms with van der Waals surface area (Å²) >= 11 is 0. The van der Waals surface area contributed by atoms with Crippen molar-refractivity contribution in [3.8, 4) is 11.5 Å². The maximum Gasteiger partial charge on any atom is 0.257 e. The molecule has 1 amide bonds. The van der Waals surface area contributed by atoms with Crippen LogP contribution in [0.15, 0.2) is 48.5 Å². The topological polar surface area (TPSA) is 47.6 Å². The first-order chi connectivity index (χ1) is 11.7. The van der Waals surface area contributed by atoms with Gasteiger partial charge in [0.25, 0.3) is 5.91 Å². The summed E-state index contributed by atoms with van der Waals surface area (Å²) in [7, 11) is 0. The maximum atomic E-state index is 13.3. The van der Waals surface area contributed by atoms with Gasteiger partial charge in [-0.3, -0.25) is 4.79 Å². The van der Waals surface area contributed by atoms with Gasteiger partial charge in [-0.2, -0.15) is 0 Å².